The van der Waals surface area contributed by atoms with Gasteiger partial charge < -0.3 is 10.1 Å². The molecular weight excluding hydrogens is 343 g/mol. The lowest BCUT2D eigenvalue weighted by molar-refractivity contribution is 0.181. The van der Waals surface area contributed by atoms with Crippen LogP contribution in [0.5, 0.6) is 0 Å². The summed E-state index contributed by atoms with van der Waals surface area (Å²) in [6, 6.07) is 3.80. The molecule has 0 aliphatic rings. The van der Waals surface area contributed by atoms with Gasteiger partial charge in [-0.25, -0.2) is 9.97 Å². The first kappa shape index (κ1) is 13.2. The third-order valence-electron chi connectivity index (χ3n) is 2.36. The molecule has 0 radical (unpaired) electrons. The van der Waals surface area contributed by atoms with Crippen molar-refractivity contribution in [3.05, 3.63) is 33.8 Å². The Morgan fingerprint density at radius 2 is 2.22 bits per heavy atom. The van der Waals surface area contributed by atoms with E-state index in [0.29, 0.717) is 12.4 Å². The van der Waals surface area contributed by atoms with Crippen molar-refractivity contribution in [2.24, 2.45) is 0 Å². The Morgan fingerprint density at radius 1 is 1.39 bits per heavy atom. The molecule has 2 rings (SSSR count). The first-order valence-electron chi connectivity index (χ1n) is 5.39. The SMILES string of the molecule is CNc1nc(-c2cccnc2)nc(COC)c1I. The molecule has 2 heterocycles. The molecule has 0 saturated heterocycles. The lowest BCUT2D eigenvalue weighted by Gasteiger charge is -2.10. The first-order chi connectivity index (χ1) is 8.76. The maximum Gasteiger partial charge on any atom is 0.163 e. The number of pyridine rings is 1. The van der Waals surface area contributed by atoms with Gasteiger partial charge in [-0.2, -0.15) is 0 Å². The van der Waals surface area contributed by atoms with Crippen LogP contribution in [0.4, 0.5) is 5.82 Å². The maximum atomic E-state index is 5.16. The van der Waals surface area contributed by atoms with Crippen molar-refractivity contribution in [3.63, 3.8) is 0 Å². The van der Waals surface area contributed by atoms with E-state index in [4.69, 9.17) is 4.74 Å². The van der Waals surface area contributed by atoms with Crippen LogP contribution in [-0.4, -0.2) is 29.1 Å². The Kier molecular flexibility index (Phi) is 4.43. The maximum absolute atomic E-state index is 5.16. The van der Waals surface area contributed by atoms with Crippen molar-refractivity contribution < 1.29 is 4.74 Å². The highest BCUT2D eigenvalue weighted by Gasteiger charge is 2.12. The van der Waals surface area contributed by atoms with Gasteiger partial charge in [-0.05, 0) is 34.7 Å². The molecule has 0 bridgehead atoms. The van der Waals surface area contributed by atoms with Crippen LogP contribution in [-0.2, 0) is 11.3 Å². The van der Waals surface area contributed by atoms with E-state index in [9.17, 15) is 0 Å². The first-order valence-corrected chi connectivity index (χ1v) is 6.47. The van der Waals surface area contributed by atoms with Gasteiger partial charge in [0.2, 0.25) is 0 Å². The molecule has 0 aliphatic heterocycles. The monoisotopic (exact) mass is 356 g/mol. The molecule has 0 spiro atoms. The van der Waals surface area contributed by atoms with E-state index in [1.54, 1.807) is 19.5 Å². The molecule has 94 valence electrons. The van der Waals surface area contributed by atoms with Crippen LogP contribution >= 0.6 is 22.6 Å². The topological polar surface area (TPSA) is 59.9 Å². The number of hydrogen-bond donors (Lipinski definition) is 1. The fourth-order valence-electron chi connectivity index (χ4n) is 1.52. The van der Waals surface area contributed by atoms with E-state index < -0.39 is 0 Å². The lowest BCUT2D eigenvalue weighted by atomic mass is 10.2. The third-order valence-corrected chi connectivity index (χ3v) is 3.49. The van der Waals surface area contributed by atoms with Gasteiger partial charge in [-0.3, -0.25) is 4.98 Å². The Hall–Kier alpha value is -1.28. The zero-order valence-electron chi connectivity index (χ0n) is 10.1. The van der Waals surface area contributed by atoms with Crippen LogP contribution in [0.3, 0.4) is 0 Å². The molecule has 0 aromatic carbocycles. The highest BCUT2D eigenvalue weighted by Crippen LogP contribution is 2.23. The van der Waals surface area contributed by atoms with Crippen LogP contribution in [0.15, 0.2) is 24.5 Å². The van der Waals surface area contributed by atoms with Gasteiger partial charge in [0, 0.05) is 32.1 Å². The van der Waals surface area contributed by atoms with Crippen LogP contribution < -0.4 is 5.32 Å². The number of aromatic nitrogens is 3. The summed E-state index contributed by atoms with van der Waals surface area (Å²) in [5.41, 5.74) is 1.76. The second-order valence-corrected chi connectivity index (χ2v) is 4.66. The summed E-state index contributed by atoms with van der Waals surface area (Å²) in [6.45, 7) is 0.461. The zero-order chi connectivity index (χ0) is 13.0. The minimum atomic E-state index is 0.461. The van der Waals surface area contributed by atoms with E-state index in [0.717, 1.165) is 20.6 Å². The number of nitrogens with one attached hydrogen (secondary N) is 1. The summed E-state index contributed by atoms with van der Waals surface area (Å²) in [5, 5.41) is 3.07. The van der Waals surface area contributed by atoms with Crippen molar-refractivity contribution in [1.29, 1.82) is 0 Å². The number of ether oxygens (including phenoxy) is 1. The molecule has 0 saturated carbocycles. The summed E-state index contributed by atoms with van der Waals surface area (Å²) < 4.78 is 6.14. The second-order valence-electron chi connectivity index (χ2n) is 3.58. The molecule has 5 nitrogen and oxygen atoms in total. The number of methoxy groups -OCH3 is 1. The predicted molar refractivity (Wildman–Crippen MR) is 78.2 cm³/mol. The molecule has 2 aromatic heterocycles. The smallest absolute Gasteiger partial charge is 0.163 e. The fraction of sp³-hybridized carbons (Fsp3) is 0.250. The lowest BCUT2D eigenvalue weighted by Crippen LogP contribution is -2.06. The van der Waals surface area contributed by atoms with Gasteiger partial charge >= 0.3 is 0 Å². The zero-order valence-corrected chi connectivity index (χ0v) is 12.3. The number of halogens is 1. The average Bonchev–Trinajstić information content (AvgIpc) is 2.42. The van der Waals surface area contributed by atoms with Crippen LogP contribution in [0.25, 0.3) is 11.4 Å². The van der Waals surface area contributed by atoms with Gasteiger partial charge in [-0.1, -0.05) is 0 Å². The number of anilines is 1. The Balaban J connectivity index is 2.52. The Bertz CT molecular complexity index is 533. The molecule has 6 heteroatoms. The third kappa shape index (κ3) is 2.75. The van der Waals surface area contributed by atoms with Gasteiger partial charge in [0.25, 0.3) is 0 Å². The Morgan fingerprint density at radius 3 is 2.83 bits per heavy atom. The van der Waals surface area contributed by atoms with E-state index in [2.05, 4.69) is 42.9 Å². The standard InChI is InChI=1S/C12H13IN4O/c1-14-12-10(13)9(7-18-2)16-11(17-12)8-4-3-5-15-6-8/h3-6H,7H2,1-2H3,(H,14,16,17). The number of hydrogen-bond acceptors (Lipinski definition) is 5. The van der Waals surface area contributed by atoms with Gasteiger partial charge in [0.05, 0.1) is 15.9 Å². The average molecular weight is 356 g/mol. The molecule has 18 heavy (non-hydrogen) atoms. The molecular formula is C12H13IN4O. The van der Waals surface area contributed by atoms with E-state index in [-0.39, 0.29) is 0 Å². The van der Waals surface area contributed by atoms with E-state index in [1.165, 1.54) is 0 Å². The summed E-state index contributed by atoms with van der Waals surface area (Å²) in [5.74, 6) is 1.46. The quantitative estimate of drug-likeness (QED) is 0.853. The molecule has 0 amide bonds. The molecule has 0 atom stereocenters. The fourth-order valence-corrected chi connectivity index (χ4v) is 2.18. The van der Waals surface area contributed by atoms with Crippen molar-refractivity contribution in [2.45, 2.75) is 6.61 Å². The van der Waals surface area contributed by atoms with Crippen molar-refractivity contribution >= 4 is 28.4 Å². The minimum Gasteiger partial charge on any atom is -0.378 e. The number of rotatable bonds is 4. The van der Waals surface area contributed by atoms with Crippen LogP contribution in [0.1, 0.15) is 5.69 Å². The molecule has 0 aliphatic carbocycles. The van der Waals surface area contributed by atoms with Crippen molar-refractivity contribution in [2.75, 3.05) is 19.5 Å². The highest BCUT2D eigenvalue weighted by atomic mass is 127. The van der Waals surface area contributed by atoms with Crippen LogP contribution in [0, 0.1) is 3.57 Å². The summed E-state index contributed by atoms with van der Waals surface area (Å²) in [6.07, 6.45) is 3.48. The van der Waals surface area contributed by atoms with Crippen molar-refractivity contribution in [1.82, 2.24) is 15.0 Å². The summed E-state index contributed by atoms with van der Waals surface area (Å²) in [7, 11) is 3.50. The normalized spacial score (nSPS) is 10.4. The van der Waals surface area contributed by atoms with Crippen molar-refractivity contribution in [3.8, 4) is 11.4 Å². The molecule has 0 unspecified atom stereocenters. The molecule has 0 fully saturated rings. The van der Waals surface area contributed by atoms with E-state index >= 15 is 0 Å². The van der Waals surface area contributed by atoms with Gasteiger partial charge in [0.1, 0.15) is 5.82 Å². The molecule has 1 N–H and O–H groups in total. The van der Waals surface area contributed by atoms with Gasteiger partial charge in [0.15, 0.2) is 5.82 Å². The predicted octanol–water partition coefficient (Wildman–Crippen LogP) is 2.33. The highest BCUT2D eigenvalue weighted by molar-refractivity contribution is 14.1. The second kappa shape index (κ2) is 6.05. The van der Waals surface area contributed by atoms with E-state index in [1.807, 2.05) is 19.2 Å². The largest absolute Gasteiger partial charge is 0.378 e. The van der Waals surface area contributed by atoms with Gasteiger partial charge in [-0.15, -0.1) is 0 Å². The molecule has 2 aromatic rings. The minimum absolute atomic E-state index is 0.461. The summed E-state index contributed by atoms with van der Waals surface area (Å²) in [4.78, 5) is 13.1. The van der Waals surface area contributed by atoms with Crippen LogP contribution in [0.2, 0.25) is 0 Å². The number of nitrogens with zero attached hydrogens (tertiary/aromatic N) is 3. The Labute approximate surface area is 119 Å². The summed E-state index contributed by atoms with van der Waals surface area (Å²) >= 11 is 2.22.